The van der Waals surface area contributed by atoms with Gasteiger partial charge in [-0.1, -0.05) is 41.6 Å². The Kier molecular flexibility index (Phi) is 4.62. The van der Waals surface area contributed by atoms with Crippen molar-refractivity contribution in [1.29, 1.82) is 0 Å². The smallest absolute Gasteiger partial charge is 0.273 e. The molecule has 2 heterocycles. The van der Waals surface area contributed by atoms with Crippen molar-refractivity contribution in [3.05, 3.63) is 66.2 Å². The van der Waals surface area contributed by atoms with Gasteiger partial charge in [-0.25, -0.2) is 0 Å². The minimum Gasteiger partial charge on any atom is -0.386 e. The Labute approximate surface area is 157 Å². The number of para-hydroxylation sites is 1. The highest BCUT2D eigenvalue weighted by atomic mass is 16.7. The van der Waals surface area contributed by atoms with Crippen molar-refractivity contribution in [2.45, 2.75) is 24.9 Å². The Balaban J connectivity index is 1.41. The lowest BCUT2D eigenvalue weighted by atomic mass is 9.87. The molecular weight excluding hydrogens is 342 g/mol. The van der Waals surface area contributed by atoms with E-state index in [1.165, 1.54) is 0 Å². The number of carbonyl (C=O) groups excluding carboxylic acids is 2. The fraction of sp³-hybridized carbons (Fsp3) is 0.286. The zero-order valence-electron chi connectivity index (χ0n) is 14.9. The first-order valence-electron chi connectivity index (χ1n) is 9.11. The maximum Gasteiger partial charge on any atom is 0.273 e. The number of nitrogens with one attached hydrogen (secondary N) is 1. The van der Waals surface area contributed by atoms with Gasteiger partial charge in [0.1, 0.15) is 5.71 Å². The molecule has 1 saturated heterocycles. The summed E-state index contributed by atoms with van der Waals surface area (Å²) >= 11 is 0. The van der Waals surface area contributed by atoms with Crippen LogP contribution in [-0.4, -0.2) is 41.1 Å². The summed E-state index contributed by atoms with van der Waals surface area (Å²) in [6.45, 7) is 1.12. The van der Waals surface area contributed by atoms with Crippen molar-refractivity contribution < 1.29 is 14.4 Å². The Morgan fingerprint density at radius 1 is 1.04 bits per heavy atom. The van der Waals surface area contributed by atoms with Crippen molar-refractivity contribution in [3.8, 4) is 0 Å². The molecule has 2 aliphatic rings. The Hall–Kier alpha value is -3.15. The molecule has 2 aliphatic heterocycles. The van der Waals surface area contributed by atoms with Crippen molar-refractivity contribution in [3.63, 3.8) is 0 Å². The van der Waals surface area contributed by atoms with Crippen LogP contribution in [0.4, 0.5) is 5.69 Å². The van der Waals surface area contributed by atoms with Crippen LogP contribution in [0.5, 0.6) is 0 Å². The van der Waals surface area contributed by atoms with Gasteiger partial charge in [-0.05, 0) is 37.1 Å². The molecule has 1 N–H and O–H groups in total. The highest BCUT2D eigenvalue weighted by molar-refractivity contribution is 6.43. The molecule has 0 saturated carbocycles. The normalized spacial score (nSPS) is 21.5. The number of carbonyl (C=O) groups is 2. The topological polar surface area (TPSA) is 71.0 Å². The molecule has 6 heteroatoms. The fourth-order valence-corrected chi connectivity index (χ4v) is 3.62. The SMILES string of the molecule is O=C(Nc1ccccc1)C1=NO[C@]2(CCCN(C(=O)c3ccccc3)C2)C1. The number of rotatable bonds is 3. The molecular formula is C21H21N3O3. The number of hydrogen-bond donors (Lipinski definition) is 1. The number of benzene rings is 2. The van der Waals surface area contributed by atoms with Crippen LogP contribution in [0.3, 0.4) is 0 Å². The second-order valence-corrected chi connectivity index (χ2v) is 7.01. The molecule has 0 radical (unpaired) electrons. The second kappa shape index (κ2) is 7.23. The van der Waals surface area contributed by atoms with E-state index in [-0.39, 0.29) is 11.8 Å². The number of nitrogens with zero attached hydrogens (tertiary/aromatic N) is 2. The molecule has 2 amide bonds. The lowest BCUT2D eigenvalue weighted by molar-refractivity contribution is -0.110. The summed E-state index contributed by atoms with van der Waals surface area (Å²) < 4.78 is 0. The lowest BCUT2D eigenvalue weighted by Crippen LogP contribution is -2.50. The number of hydrogen-bond acceptors (Lipinski definition) is 4. The maximum atomic E-state index is 12.8. The third-order valence-electron chi connectivity index (χ3n) is 4.98. The molecule has 4 rings (SSSR count). The van der Waals surface area contributed by atoms with Crippen LogP contribution in [0, 0.1) is 0 Å². The third kappa shape index (κ3) is 3.69. The molecule has 0 aromatic heterocycles. The molecule has 1 spiro atoms. The van der Waals surface area contributed by atoms with Crippen LogP contribution in [0.15, 0.2) is 65.8 Å². The van der Waals surface area contributed by atoms with E-state index in [2.05, 4.69) is 10.5 Å². The molecule has 0 aliphatic carbocycles. The number of anilines is 1. The van der Waals surface area contributed by atoms with Crippen LogP contribution >= 0.6 is 0 Å². The Morgan fingerprint density at radius 3 is 2.48 bits per heavy atom. The third-order valence-corrected chi connectivity index (χ3v) is 4.98. The van der Waals surface area contributed by atoms with E-state index in [0.29, 0.717) is 30.8 Å². The molecule has 0 bridgehead atoms. The number of piperidine rings is 1. The van der Waals surface area contributed by atoms with Gasteiger partial charge in [0, 0.05) is 24.2 Å². The summed E-state index contributed by atoms with van der Waals surface area (Å²) in [4.78, 5) is 32.7. The Bertz CT molecular complexity index is 867. The average molecular weight is 363 g/mol. The van der Waals surface area contributed by atoms with Gasteiger partial charge in [0.2, 0.25) is 0 Å². The zero-order valence-corrected chi connectivity index (χ0v) is 14.9. The quantitative estimate of drug-likeness (QED) is 0.911. The maximum absolute atomic E-state index is 12.8. The van der Waals surface area contributed by atoms with Crippen LogP contribution < -0.4 is 5.32 Å². The van der Waals surface area contributed by atoms with Gasteiger partial charge < -0.3 is 15.1 Å². The van der Waals surface area contributed by atoms with Crippen LogP contribution in [-0.2, 0) is 9.63 Å². The summed E-state index contributed by atoms with van der Waals surface area (Å²) in [6.07, 6.45) is 2.00. The summed E-state index contributed by atoms with van der Waals surface area (Å²) in [5.41, 5.74) is 1.14. The van der Waals surface area contributed by atoms with E-state index in [1.807, 2.05) is 60.7 Å². The number of amides is 2. The van der Waals surface area contributed by atoms with Gasteiger partial charge in [0.15, 0.2) is 5.60 Å². The van der Waals surface area contributed by atoms with Gasteiger partial charge in [-0.15, -0.1) is 0 Å². The molecule has 2 aromatic carbocycles. The van der Waals surface area contributed by atoms with Gasteiger partial charge in [-0.2, -0.15) is 0 Å². The van der Waals surface area contributed by atoms with E-state index in [1.54, 1.807) is 4.90 Å². The minimum atomic E-state index is -0.605. The molecule has 138 valence electrons. The lowest BCUT2D eigenvalue weighted by Gasteiger charge is -2.38. The van der Waals surface area contributed by atoms with E-state index in [0.717, 1.165) is 18.5 Å². The Morgan fingerprint density at radius 2 is 1.74 bits per heavy atom. The van der Waals surface area contributed by atoms with E-state index >= 15 is 0 Å². The zero-order chi connectivity index (χ0) is 18.7. The first-order valence-corrected chi connectivity index (χ1v) is 9.11. The van der Waals surface area contributed by atoms with Gasteiger partial charge in [0.25, 0.3) is 11.8 Å². The number of oxime groups is 1. The minimum absolute atomic E-state index is 0.0135. The first-order chi connectivity index (χ1) is 13.2. The van der Waals surface area contributed by atoms with Crippen LogP contribution in [0.1, 0.15) is 29.6 Å². The van der Waals surface area contributed by atoms with Gasteiger partial charge >= 0.3 is 0 Å². The molecule has 1 atom stereocenters. The van der Waals surface area contributed by atoms with Crippen LogP contribution in [0.25, 0.3) is 0 Å². The first kappa shape index (κ1) is 17.3. The summed E-state index contributed by atoms with van der Waals surface area (Å²) in [5, 5.41) is 6.88. The van der Waals surface area contributed by atoms with E-state index in [4.69, 9.17) is 4.84 Å². The predicted octanol–water partition coefficient (Wildman–Crippen LogP) is 3.08. The van der Waals surface area contributed by atoms with Crippen molar-refractivity contribution in [2.24, 2.45) is 5.16 Å². The fourth-order valence-electron chi connectivity index (χ4n) is 3.62. The molecule has 1 fully saturated rings. The monoisotopic (exact) mass is 363 g/mol. The van der Waals surface area contributed by atoms with Gasteiger partial charge in [0.05, 0.1) is 6.54 Å². The number of likely N-dealkylation sites (tertiary alicyclic amines) is 1. The second-order valence-electron chi connectivity index (χ2n) is 7.01. The van der Waals surface area contributed by atoms with Crippen molar-refractivity contribution >= 4 is 23.2 Å². The van der Waals surface area contributed by atoms with Gasteiger partial charge in [-0.3, -0.25) is 9.59 Å². The van der Waals surface area contributed by atoms with E-state index < -0.39 is 5.60 Å². The van der Waals surface area contributed by atoms with Crippen molar-refractivity contribution in [2.75, 3.05) is 18.4 Å². The molecule has 27 heavy (non-hydrogen) atoms. The molecule has 2 aromatic rings. The molecule has 0 unspecified atom stereocenters. The largest absolute Gasteiger partial charge is 0.386 e. The standard InChI is InChI=1S/C21H21N3O3/c25-19(22-17-10-5-2-6-11-17)18-14-21(27-23-18)12-7-13-24(15-21)20(26)16-8-3-1-4-9-16/h1-6,8-11H,7,12-15H2,(H,22,25)/t21-/m1/s1. The highest BCUT2D eigenvalue weighted by Crippen LogP contribution is 2.34. The van der Waals surface area contributed by atoms with Crippen LogP contribution in [0.2, 0.25) is 0 Å². The predicted molar refractivity (Wildman–Crippen MR) is 103 cm³/mol. The summed E-state index contributed by atoms with van der Waals surface area (Å²) in [6, 6.07) is 18.5. The molecule has 6 nitrogen and oxygen atoms in total. The summed E-state index contributed by atoms with van der Waals surface area (Å²) in [7, 11) is 0. The highest BCUT2D eigenvalue weighted by Gasteiger charge is 2.45. The summed E-state index contributed by atoms with van der Waals surface area (Å²) in [5.74, 6) is -0.273. The van der Waals surface area contributed by atoms with E-state index in [9.17, 15) is 9.59 Å². The average Bonchev–Trinajstić information content (AvgIpc) is 3.12. The van der Waals surface area contributed by atoms with Crippen molar-refractivity contribution in [1.82, 2.24) is 4.90 Å².